The molecule has 1 N–H and O–H groups in total. The van der Waals surface area contributed by atoms with E-state index in [1.54, 1.807) is 12.3 Å². The highest BCUT2D eigenvalue weighted by atomic mass is 31.1. The van der Waals surface area contributed by atoms with Crippen LogP contribution in [0.25, 0.3) is 0 Å². The van der Waals surface area contributed by atoms with Crippen LogP contribution in [-0.2, 0) is 20.4 Å². The minimum absolute atomic E-state index is 0.0124. The van der Waals surface area contributed by atoms with Gasteiger partial charge in [-0.2, -0.15) is 0 Å². The van der Waals surface area contributed by atoms with E-state index >= 15 is 0 Å². The number of aromatic nitrogens is 2. The average molecular weight is 465 g/mol. The minimum Gasteiger partial charge on any atom is -0.474 e. The molecule has 0 amide bonds. The van der Waals surface area contributed by atoms with Gasteiger partial charge in [0.05, 0.1) is 13.2 Å². The first-order valence-corrected chi connectivity index (χ1v) is 12.3. The zero-order valence-electron chi connectivity index (χ0n) is 19.2. The third-order valence-electron chi connectivity index (χ3n) is 5.44. The predicted molar refractivity (Wildman–Crippen MR) is 123 cm³/mol. The average Bonchev–Trinajstić information content (AvgIpc) is 3.17. The summed E-state index contributed by atoms with van der Waals surface area (Å²) in [5.74, 6) is 0.472. The van der Waals surface area contributed by atoms with Crippen LogP contribution in [0.3, 0.4) is 0 Å². The summed E-state index contributed by atoms with van der Waals surface area (Å²) in [6.45, 7) is 11.1. The molecule has 1 aromatic carbocycles. The van der Waals surface area contributed by atoms with Crippen LogP contribution in [0.2, 0.25) is 0 Å². The van der Waals surface area contributed by atoms with E-state index < -0.39 is 8.25 Å². The van der Waals surface area contributed by atoms with Gasteiger partial charge in [0.15, 0.2) is 0 Å². The highest BCUT2D eigenvalue weighted by Crippen LogP contribution is 2.36. The Labute approximate surface area is 191 Å². The summed E-state index contributed by atoms with van der Waals surface area (Å²) in [6, 6.07) is 11.5. The Bertz CT molecular complexity index is 759. The van der Waals surface area contributed by atoms with Gasteiger partial charge in [0, 0.05) is 29.2 Å². The Kier molecular flexibility index (Phi) is 12.3. The lowest BCUT2D eigenvalue weighted by molar-refractivity contribution is 0.0451. The van der Waals surface area contributed by atoms with Crippen LogP contribution < -0.4 is 4.74 Å². The Hall–Kier alpha value is -1.96. The van der Waals surface area contributed by atoms with Gasteiger partial charge in [-0.1, -0.05) is 51.1 Å². The third-order valence-corrected chi connectivity index (χ3v) is 5.89. The molecule has 176 valence electrons. The van der Waals surface area contributed by atoms with Crippen molar-refractivity contribution in [2.24, 2.45) is 5.92 Å². The molecule has 0 aliphatic heterocycles. The van der Waals surface area contributed by atoms with Crippen LogP contribution >= 0.6 is 8.25 Å². The smallest absolute Gasteiger partial charge is 0.474 e. The highest BCUT2D eigenvalue weighted by molar-refractivity contribution is 7.32. The molecule has 0 saturated heterocycles. The fourth-order valence-corrected chi connectivity index (χ4v) is 4.14. The molecule has 8 nitrogen and oxygen atoms in total. The second-order valence-electron chi connectivity index (χ2n) is 7.52. The standard InChI is InChI=1S/C17H19N2O5P.C6H15N/c20-25(21)24-16-9-15(23-17-6-7-18-12-19-17)8-14(16)11-22-10-13-4-2-1-3-5-13;1-4-7(5-2)6-3/h1-7,12,14-16H,8-11H2;4-6H2,1-3H3/p+1/t14-,15-,16+;/m1./s1. The van der Waals surface area contributed by atoms with Crippen molar-refractivity contribution in [1.82, 2.24) is 14.9 Å². The maximum Gasteiger partial charge on any atom is 0.695 e. The first kappa shape index (κ1) is 26.3. The zero-order valence-corrected chi connectivity index (χ0v) is 20.1. The molecule has 2 aromatic rings. The third kappa shape index (κ3) is 9.67. The molecule has 1 saturated carbocycles. The lowest BCUT2D eigenvalue weighted by Crippen LogP contribution is -2.21. The van der Waals surface area contributed by atoms with E-state index in [0.29, 0.717) is 31.9 Å². The Balaban J connectivity index is 0.000000451. The first-order chi connectivity index (χ1) is 15.5. The molecule has 1 aliphatic carbocycles. The second-order valence-corrected chi connectivity index (χ2v) is 8.21. The van der Waals surface area contributed by atoms with Gasteiger partial charge in [0.25, 0.3) is 0 Å². The normalized spacial score (nSPS) is 20.5. The fourth-order valence-electron chi connectivity index (χ4n) is 3.65. The van der Waals surface area contributed by atoms with E-state index in [2.05, 4.69) is 35.6 Å². The van der Waals surface area contributed by atoms with Gasteiger partial charge in [-0.15, -0.1) is 9.42 Å². The number of benzene rings is 1. The SMILES string of the molecule is CCN(CC)CC.O=[P+](O)O[C@H]1C[C@H](Oc2ccncn2)C[C@@H]1COCc1ccccc1. The summed E-state index contributed by atoms with van der Waals surface area (Å²) in [5.41, 5.74) is 1.08. The fraction of sp³-hybridized carbons (Fsp3) is 0.565. The Morgan fingerprint density at radius 3 is 2.38 bits per heavy atom. The van der Waals surface area contributed by atoms with Crippen LogP contribution in [0.15, 0.2) is 48.9 Å². The maximum absolute atomic E-state index is 11.1. The Morgan fingerprint density at radius 2 is 1.81 bits per heavy atom. The molecule has 0 radical (unpaired) electrons. The Morgan fingerprint density at radius 1 is 1.09 bits per heavy atom. The van der Waals surface area contributed by atoms with E-state index in [-0.39, 0.29) is 18.1 Å². The maximum atomic E-state index is 11.1. The summed E-state index contributed by atoms with van der Waals surface area (Å²) in [7, 11) is -2.66. The van der Waals surface area contributed by atoms with Gasteiger partial charge >= 0.3 is 8.25 Å². The van der Waals surface area contributed by atoms with E-state index in [9.17, 15) is 4.57 Å². The molecule has 1 aliphatic rings. The lowest BCUT2D eigenvalue weighted by atomic mass is 10.1. The molecule has 4 atom stereocenters. The van der Waals surface area contributed by atoms with Gasteiger partial charge in [-0.3, -0.25) is 0 Å². The molecule has 32 heavy (non-hydrogen) atoms. The van der Waals surface area contributed by atoms with Crippen molar-refractivity contribution in [2.45, 2.75) is 52.4 Å². The second kappa shape index (κ2) is 15.0. The topological polar surface area (TPSA) is 94.0 Å². The van der Waals surface area contributed by atoms with Crippen molar-refractivity contribution >= 4 is 8.25 Å². The molecule has 9 heteroatoms. The van der Waals surface area contributed by atoms with Gasteiger partial charge in [0.1, 0.15) is 18.5 Å². The van der Waals surface area contributed by atoms with Crippen LogP contribution in [0.1, 0.15) is 39.2 Å². The van der Waals surface area contributed by atoms with Gasteiger partial charge in [-0.25, -0.2) is 9.97 Å². The summed E-state index contributed by atoms with van der Waals surface area (Å²) >= 11 is 0. The molecule has 1 aromatic heterocycles. The lowest BCUT2D eigenvalue weighted by Gasteiger charge is -2.14. The van der Waals surface area contributed by atoms with Crippen molar-refractivity contribution in [3.63, 3.8) is 0 Å². The van der Waals surface area contributed by atoms with Gasteiger partial charge in [0.2, 0.25) is 5.88 Å². The van der Waals surface area contributed by atoms with Gasteiger partial charge in [-0.05, 0) is 31.6 Å². The van der Waals surface area contributed by atoms with Gasteiger partial charge < -0.3 is 14.4 Å². The molecule has 1 fully saturated rings. The largest absolute Gasteiger partial charge is 0.695 e. The van der Waals surface area contributed by atoms with Crippen LogP contribution in [0.5, 0.6) is 5.88 Å². The first-order valence-electron chi connectivity index (χ1n) is 11.1. The minimum atomic E-state index is -2.66. The van der Waals surface area contributed by atoms with Crippen LogP contribution in [0, 0.1) is 5.92 Å². The van der Waals surface area contributed by atoms with Crippen molar-refractivity contribution in [1.29, 1.82) is 0 Å². The molecule has 0 bridgehead atoms. The van der Waals surface area contributed by atoms with Crippen molar-refractivity contribution < 1.29 is 23.5 Å². The number of ether oxygens (including phenoxy) is 2. The molecular weight excluding hydrogens is 429 g/mol. The number of hydrogen-bond donors (Lipinski definition) is 1. The van der Waals surface area contributed by atoms with E-state index in [0.717, 1.165) is 5.56 Å². The van der Waals surface area contributed by atoms with Crippen molar-refractivity contribution in [3.8, 4) is 5.88 Å². The monoisotopic (exact) mass is 464 g/mol. The molecular formula is C23H35N3O5P+. The van der Waals surface area contributed by atoms with Crippen LogP contribution in [0.4, 0.5) is 0 Å². The van der Waals surface area contributed by atoms with Crippen molar-refractivity contribution in [3.05, 3.63) is 54.5 Å². The molecule has 1 unspecified atom stereocenters. The predicted octanol–water partition coefficient (Wildman–Crippen LogP) is 4.23. The number of nitrogens with zero attached hydrogens (tertiary/aromatic N) is 3. The zero-order chi connectivity index (χ0) is 23.2. The van der Waals surface area contributed by atoms with Crippen LogP contribution in [-0.4, -0.2) is 58.2 Å². The molecule has 3 rings (SSSR count). The summed E-state index contributed by atoms with van der Waals surface area (Å²) in [5, 5.41) is 0. The molecule has 1 heterocycles. The summed E-state index contributed by atoms with van der Waals surface area (Å²) in [4.78, 5) is 19.4. The van der Waals surface area contributed by atoms with Crippen molar-refractivity contribution in [2.75, 3.05) is 26.2 Å². The highest BCUT2D eigenvalue weighted by Gasteiger charge is 2.41. The molecule has 0 spiro atoms. The van der Waals surface area contributed by atoms with E-state index in [1.807, 2.05) is 30.3 Å². The summed E-state index contributed by atoms with van der Waals surface area (Å²) in [6.07, 6.45) is 3.70. The number of hydrogen-bond acceptors (Lipinski definition) is 7. The number of rotatable bonds is 11. The quantitative estimate of drug-likeness (QED) is 0.494. The summed E-state index contributed by atoms with van der Waals surface area (Å²) < 4.78 is 27.8. The van der Waals surface area contributed by atoms with E-state index in [1.165, 1.54) is 26.0 Å². The van der Waals surface area contributed by atoms with E-state index in [4.69, 9.17) is 18.9 Å².